The SMILES string of the molecule is Cc1cc(Nc2cc(O[C@H]3CCOC3)nc(N(C)[C@@H]3C[C@H]4CCC[C@@H](C3)N4C(=O)CC3CC3)n2)n[nH]1. The van der Waals surface area contributed by atoms with Crippen LogP contribution in [0.3, 0.4) is 0 Å². The number of fused-ring (bicyclic) bond motifs is 2. The molecule has 1 saturated carbocycles. The van der Waals surface area contributed by atoms with Gasteiger partial charge in [0.15, 0.2) is 5.82 Å². The molecule has 3 aliphatic heterocycles. The molecule has 2 aromatic heterocycles. The minimum absolute atomic E-state index is 0.00129. The van der Waals surface area contributed by atoms with E-state index in [9.17, 15) is 4.79 Å². The zero-order chi connectivity index (χ0) is 24.6. The molecule has 0 unspecified atom stereocenters. The van der Waals surface area contributed by atoms with Gasteiger partial charge in [0.1, 0.15) is 11.9 Å². The number of rotatable bonds is 8. The summed E-state index contributed by atoms with van der Waals surface area (Å²) in [5, 5.41) is 10.5. The number of aromatic amines is 1. The van der Waals surface area contributed by atoms with E-state index in [1.807, 2.05) is 19.1 Å². The van der Waals surface area contributed by atoms with Gasteiger partial charge in [-0.1, -0.05) is 0 Å². The summed E-state index contributed by atoms with van der Waals surface area (Å²) in [5.41, 5.74) is 0.970. The van der Waals surface area contributed by atoms with Crippen molar-refractivity contribution in [2.24, 2.45) is 5.92 Å². The number of anilines is 3. The lowest BCUT2D eigenvalue weighted by atomic mass is 9.81. The van der Waals surface area contributed by atoms with Crippen molar-refractivity contribution in [3.8, 4) is 5.88 Å². The maximum Gasteiger partial charge on any atom is 0.230 e. The van der Waals surface area contributed by atoms with E-state index in [-0.39, 0.29) is 12.1 Å². The Kier molecular flexibility index (Phi) is 6.45. The molecule has 0 spiro atoms. The summed E-state index contributed by atoms with van der Waals surface area (Å²) in [4.78, 5) is 27.2. The zero-order valence-corrected chi connectivity index (χ0v) is 21.3. The van der Waals surface area contributed by atoms with Crippen molar-refractivity contribution < 1.29 is 14.3 Å². The third-order valence-electron chi connectivity index (χ3n) is 8.09. The molecule has 10 nitrogen and oxygen atoms in total. The quantitative estimate of drug-likeness (QED) is 0.572. The number of hydrogen-bond acceptors (Lipinski definition) is 8. The van der Waals surface area contributed by atoms with Crippen LogP contribution < -0.4 is 15.0 Å². The predicted molar refractivity (Wildman–Crippen MR) is 136 cm³/mol. The number of nitrogens with zero attached hydrogens (tertiary/aromatic N) is 5. The Bertz CT molecular complexity index is 1070. The molecular formula is C26H37N7O3. The van der Waals surface area contributed by atoms with Crippen molar-refractivity contribution in [3.05, 3.63) is 17.8 Å². The van der Waals surface area contributed by atoms with Gasteiger partial charge in [0.05, 0.1) is 13.2 Å². The first kappa shape index (κ1) is 23.5. The number of carbonyl (C=O) groups is 1. The molecule has 0 radical (unpaired) electrons. The van der Waals surface area contributed by atoms with E-state index < -0.39 is 0 Å². The van der Waals surface area contributed by atoms with Crippen molar-refractivity contribution in [3.63, 3.8) is 0 Å². The van der Waals surface area contributed by atoms with Crippen LogP contribution in [0.4, 0.5) is 17.6 Å². The maximum absolute atomic E-state index is 13.1. The highest BCUT2D eigenvalue weighted by molar-refractivity contribution is 5.77. The zero-order valence-electron chi connectivity index (χ0n) is 21.3. The Hall–Kier alpha value is -2.88. The number of amides is 1. The third-order valence-corrected chi connectivity index (χ3v) is 8.09. The second kappa shape index (κ2) is 9.88. The normalized spacial score (nSPS) is 27.7. The number of aromatic nitrogens is 4. The van der Waals surface area contributed by atoms with Crippen LogP contribution in [0.15, 0.2) is 12.1 Å². The molecule has 0 aromatic carbocycles. The largest absolute Gasteiger partial charge is 0.472 e. The van der Waals surface area contributed by atoms with E-state index in [0.29, 0.717) is 60.6 Å². The molecular weight excluding hydrogens is 458 g/mol. The highest BCUT2D eigenvalue weighted by atomic mass is 16.5. The summed E-state index contributed by atoms with van der Waals surface area (Å²) < 4.78 is 11.7. The fourth-order valence-corrected chi connectivity index (χ4v) is 6.00. The van der Waals surface area contributed by atoms with E-state index in [1.165, 1.54) is 19.3 Å². The molecule has 6 rings (SSSR count). The number of hydrogen-bond donors (Lipinski definition) is 2. The number of carbonyl (C=O) groups excluding carboxylic acids is 1. The van der Waals surface area contributed by atoms with E-state index in [4.69, 9.17) is 19.4 Å². The van der Waals surface area contributed by atoms with Crippen LogP contribution in [-0.4, -0.2) is 75.5 Å². The molecule has 1 aliphatic carbocycles. The Morgan fingerprint density at radius 3 is 2.64 bits per heavy atom. The first-order chi connectivity index (χ1) is 17.5. The molecule has 2 aromatic rings. The summed E-state index contributed by atoms with van der Waals surface area (Å²) in [7, 11) is 2.07. The van der Waals surface area contributed by atoms with Crippen LogP contribution in [0, 0.1) is 12.8 Å². The maximum atomic E-state index is 13.1. The smallest absolute Gasteiger partial charge is 0.230 e. The lowest BCUT2D eigenvalue weighted by Gasteiger charge is -2.50. The molecule has 4 aliphatic rings. The lowest BCUT2D eigenvalue weighted by molar-refractivity contribution is -0.141. The standard InChI is InChI=1S/C26H37N7O3/c1-16-10-23(31-30-16)27-22-14-24(36-21-8-9-35-15-21)29-26(28-22)32(2)20-12-18-4-3-5-19(13-20)33(18)25(34)11-17-6-7-17/h10,14,17-21H,3-9,11-13,15H2,1-2H3,(H2,27,28,29,30,31)/t18-,19+,20-,21-/m0/s1. The van der Waals surface area contributed by atoms with Crippen LogP contribution in [0.25, 0.3) is 0 Å². The predicted octanol–water partition coefficient (Wildman–Crippen LogP) is 3.57. The van der Waals surface area contributed by atoms with Gasteiger partial charge in [0, 0.05) is 55.8 Å². The molecule has 4 fully saturated rings. The Balaban J connectivity index is 1.22. The van der Waals surface area contributed by atoms with E-state index in [1.54, 1.807) is 0 Å². The van der Waals surface area contributed by atoms with Gasteiger partial charge < -0.3 is 24.6 Å². The molecule has 5 heterocycles. The van der Waals surface area contributed by atoms with Gasteiger partial charge in [-0.3, -0.25) is 9.89 Å². The van der Waals surface area contributed by atoms with E-state index in [2.05, 4.69) is 32.4 Å². The number of nitrogens with one attached hydrogen (secondary N) is 2. The summed E-state index contributed by atoms with van der Waals surface area (Å²) in [6, 6.07) is 4.67. The van der Waals surface area contributed by atoms with Gasteiger partial charge in [0.25, 0.3) is 0 Å². The van der Waals surface area contributed by atoms with Crippen LogP contribution >= 0.6 is 0 Å². The molecule has 4 atom stereocenters. The molecule has 194 valence electrons. The molecule has 10 heteroatoms. The molecule has 2 bridgehead atoms. The van der Waals surface area contributed by atoms with Crippen molar-refractivity contribution in [1.82, 2.24) is 25.1 Å². The second-order valence-corrected chi connectivity index (χ2v) is 11.0. The minimum atomic E-state index is -0.00129. The first-order valence-corrected chi connectivity index (χ1v) is 13.5. The van der Waals surface area contributed by atoms with Crippen molar-refractivity contribution in [2.75, 3.05) is 30.5 Å². The van der Waals surface area contributed by atoms with Crippen LogP contribution in [0.2, 0.25) is 0 Å². The summed E-state index contributed by atoms with van der Waals surface area (Å²) >= 11 is 0. The molecule has 2 N–H and O–H groups in total. The van der Waals surface area contributed by atoms with Gasteiger partial charge in [0.2, 0.25) is 17.7 Å². The lowest BCUT2D eigenvalue weighted by Crippen LogP contribution is -2.58. The minimum Gasteiger partial charge on any atom is -0.472 e. The van der Waals surface area contributed by atoms with Gasteiger partial charge >= 0.3 is 0 Å². The number of piperidine rings is 2. The highest BCUT2D eigenvalue weighted by Crippen LogP contribution is 2.40. The topological polar surface area (TPSA) is 108 Å². The van der Waals surface area contributed by atoms with Gasteiger partial charge in [-0.15, -0.1) is 0 Å². The first-order valence-electron chi connectivity index (χ1n) is 13.5. The molecule has 36 heavy (non-hydrogen) atoms. The average molecular weight is 496 g/mol. The Morgan fingerprint density at radius 1 is 1.17 bits per heavy atom. The van der Waals surface area contributed by atoms with Crippen molar-refractivity contribution >= 4 is 23.5 Å². The van der Waals surface area contributed by atoms with Crippen molar-refractivity contribution in [2.45, 2.75) is 88.9 Å². The number of H-pyrrole nitrogens is 1. The average Bonchev–Trinajstić information content (AvgIpc) is 3.33. The fraction of sp³-hybridized carbons (Fsp3) is 0.692. The molecule has 3 saturated heterocycles. The van der Waals surface area contributed by atoms with Gasteiger partial charge in [-0.2, -0.15) is 15.1 Å². The number of aryl methyl sites for hydroxylation is 1. The van der Waals surface area contributed by atoms with Crippen LogP contribution in [0.5, 0.6) is 5.88 Å². The Morgan fingerprint density at radius 2 is 1.97 bits per heavy atom. The summed E-state index contributed by atoms with van der Waals surface area (Å²) in [5.74, 6) is 3.51. The van der Waals surface area contributed by atoms with Gasteiger partial charge in [-0.25, -0.2) is 0 Å². The Labute approximate surface area is 212 Å². The fourth-order valence-electron chi connectivity index (χ4n) is 6.00. The third kappa shape index (κ3) is 5.14. The second-order valence-electron chi connectivity index (χ2n) is 11.0. The van der Waals surface area contributed by atoms with Crippen molar-refractivity contribution in [1.29, 1.82) is 0 Å². The van der Waals surface area contributed by atoms with E-state index in [0.717, 1.165) is 44.2 Å². The van der Waals surface area contributed by atoms with Gasteiger partial charge in [-0.05, 0) is 57.8 Å². The summed E-state index contributed by atoms with van der Waals surface area (Å²) in [6.45, 7) is 3.25. The summed E-state index contributed by atoms with van der Waals surface area (Å²) in [6.07, 6.45) is 9.33. The monoisotopic (exact) mass is 495 g/mol. The van der Waals surface area contributed by atoms with E-state index >= 15 is 0 Å². The van der Waals surface area contributed by atoms with Crippen LogP contribution in [0.1, 0.15) is 63.5 Å². The molecule has 1 amide bonds. The number of ether oxygens (including phenoxy) is 2. The van der Waals surface area contributed by atoms with Crippen LogP contribution in [-0.2, 0) is 9.53 Å². The highest BCUT2D eigenvalue weighted by Gasteiger charge is 2.43.